The summed E-state index contributed by atoms with van der Waals surface area (Å²) in [4.78, 5) is 0. The van der Waals surface area contributed by atoms with E-state index < -0.39 is 11.6 Å². The molecule has 1 aromatic rings. The third-order valence-corrected chi connectivity index (χ3v) is 3.67. The molecule has 1 heterocycles. The van der Waals surface area contributed by atoms with Crippen molar-refractivity contribution in [3.05, 3.63) is 35.4 Å². The summed E-state index contributed by atoms with van der Waals surface area (Å²) in [6, 6.07) is 4.09. The van der Waals surface area contributed by atoms with Gasteiger partial charge in [-0.2, -0.15) is 0 Å². The lowest BCUT2D eigenvalue weighted by molar-refractivity contribution is 0.105. The van der Waals surface area contributed by atoms with Crippen LogP contribution in [0.4, 0.5) is 8.78 Å². The zero-order chi connectivity index (χ0) is 13.1. The minimum absolute atomic E-state index is 0.200. The van der Waals surface area contributed by atoms with E-state index in [4.69, 9.17) is 4.74 Å². The van der Waals surface area contributed by atoms with Crippen molar-refractivity contribution >= 4 is 0 Å². The maximum absolute atomic E-state index is 13.6. The molecule has 0 saturated carbocycles. The van der Waals surface area contributed by atoms with Crippen LogP contribution in [0, 0.1) is 17.6 Å². The highest BCUT2D eigenvalue weighted by Gasteiger charge is 2.24. The fourth-order valence-corrected chi connectivity index (χ4v) is 2.34. The quantitative estimate of drug-likeness (QED) is 0.893. The van der Waals surface area contributed by atoms with E-state index >= 15 is 0 Å². The van der Waals surface area contributed by atoms with Crippen molar-refractivity contribution < 1.29 is 13.5 Å². The molecule has 18 heavy (non-hydrogen) atoms. The van der Waals surface area contributed by atoms with E-state index in [0.29, 0.717) is 11.5 Å². The Labute approximate surface area is 106 Å². The molecule has 3 unspecified atom stereocenters. The molecule has 0 spiro atoms. The highest BCUT2D eigenvalue weighted by molar-refractivity contribution is 5.21. The van der Waals surface area contributed by atoms with Gasteiger partial charge in [0.25, 0.3) is 0 Å². The van der Waals surface area contributed by atoms with Crippen molar-refractivity contribution in [1.29, 1.82) is 0 Å². The van der Waals surface area contributed by atoms with Gasteiger partial charge < -0.3 is 10.1 Å². The maximum Gasteiger partial charge on any atom is 0.163 e. The zero-order valence-corrected chi connectivity index (χ0v) is 10.7. The van der Waals surface area contributed by atoms with Crippen molar-refractivity contribution in [1.82, 2.24) is 5.32 Å². The molecular formula is C14H19F2NO. The Morgan fingerprint density at radius 2 is 2.22 bits per heavy atom. The largest absolute Gasteiger partial charge is 0.378 e. The summed E-state index contributed by atoms with van der Waals surface area (Å²) in [5.41, 5.74) is 0.376. The van der Waals surface area contributed by atoms with E-state index in [1.807, 2.05) is 13.8 Å². The molecule has 0 aliphatic carbocycles. The van der Waals surface area contributed by atoms with Gasteiger partial charge in [0, 0.05) is 24.8 Å². The Morgan fingerprint density at radius 1 is 1.44 bits per heavy atom. The second-order valence-electron chi connectivity index (χ2n) is 4.90. The number of ether oxygens (including phenoxy) is 1. The normalized spacial score (nSPS) is 25.3. The average molecular weight is 255 g/mol. The van der Waals surface area contributed by atoms with Gasteiger partial charge in [0.2, 0.25) is 0 Å². The molecule has 0 bridgehead atoms. The van der Waals surface area contributed by atoms with Crippen LogP contribution in [-0.4, -0.2) is 19.3 Å². The Hall–Kier alpha value is -1.00. The molecular weight excluding hydrogens is 236 g/mol. The van der Waals surface area contributed by atoms with Gasteiger partial charge in [-0.15, -0.1) is 0 Å². The molecule has 100 valence electrons. The van der Waals surface area contributed by atoms with Crippen molar-refractivity contribution in [2.75, 3.05) is 13.2 Å². The molecule has 0 aromatic heterocycles. The Kier molecular flexibility index (Phi) is 4.30. The molecule has 1 N–H and O–H groups in total. The molecule has 2 nitrogen and oxygen atoms in total. The summed E-state index contributed by atoms with van der Waals surface area (Å²) < 4.78 is 32.2. The number of nitrogens with one attached hydrogen (secondary N) is 1. The first kappa shape index (κ1) is 13.4. The highest BCUT2D eigenvalue weighted by Crippen LogP contribution is 2.22. The monoisotopic (exact) mass is 255 g/mol. The van der Waals surface area contributed by atoms with Gasteiger partial charge in [0.05, 0.1) is 6.10 Å². The minimum Gasteiger partial charge on any atom is -0.378 e. The van der Waals surface area contributed by atoms with Gasteiger partial charge in [-0.3, -0.25) is 0 Å². The molecule has 1 aliphatic rings. The van der Waals surface area contributed by atoms with Gasteiger partial charge in [-0.25, -0.2) is 8.78 Å². The lowest BCUT2D eigenvalue weighted by atomic mass is 10.0. The third kappa shape index (κ3) is 2.87. The number of hydrogen-bond acceptors (Lipinski definition) is 2. The Bertz CT molecular complexity index is 411. The summed E-state index contributed by atoms with van der Waals surface area (Å²) >= 11 is 0. The maximum atomic E-state index is 13.6. The molecule has 0 radical (unpaired) electrons. The Morgan fingerprint density at radius 3 is 2.89 bits per heavy atom. The van der Waals surface area contributed by atoms with E-state index in [1.165, 1.54) is 6.07 Å². The first-order valence-corrected chi connectivity index (χ1v) is 6.38. The van der Waals surface area contributed by atoms with Gasteiger partial charge in [0.1, 0.15) is 0 Å². The zero-order valence-electron chi connectivity index (χ0n) is 10.7. The van der Waals surface area contributed by atoms with Crippen LogP contribution in [0.2, 0.25) is 0 Å². The van der Waals surface area contributed by atoms with Crippen molar-refractivity contribution in [3.8, 4) is 0 Å². The summed E-state index contributed by atoms with van der Waals surface area (Å²) in [6.45, 7) is 5.44. The molecule has 1 aliphatic heterocycles. The minimum atomic E-state index is -0.793. The van der Waals surface area contributed by atoms with Crippen molar-refractivity contribution in [3.63, 3.8) is 0 Å². The van der Waals surface area contributed by atoms with E-state index in [2.05, 4.69) is 5.32 Å². The highest BCUT2D eigenvalue weighted by atomic mass is 19.2. The lowest BCUT2D eigenvalue weighted by Gasteiger charge is -2.20. The van der Waals surface area contributed by atoms with Crippen molar-refractivity contribution in [2.45, 2.75) is 32.4 Å². The van der Waals surface area contributed by atoms with Crippen LogP contribution in [-0.2, 0) is 4.74 Å². The first-order chi connectivity index (χ1) is 8.59. The number of halogens is 2. The molecule has 2 rings (SSSR count). The van der Waals surface area contributed by atoms with Gasteiger partial charge in [0.15, 0.2) is 11.6 Å². The van der Waals surface area contributed by atoms with E-state index in [9.17, 15) is 8.78 Å². The fraction of sp³-hybridized carbons (Fsp3) is 0.571. The van der Waals surface area contributed by atoms with Crippen LogP contribution in [0.3, 0.4) is 0 Å². The lowest BCUT2D eigenvalue weighted by Crippen LogP contribution is -2.29. The summed E-state index contributed by atoms with van der Waals surface area (Å²) in [5.74, 6) is -1.10. The Balaban J connectivity index is 1.95. The molecule has 4 heteroatoms. The van der Waals surface area contributed by atoms with Gasteiger partial charge in [-0.1, -0.05) is 12.1 Å². The molecule has 1 saturated heterocycles. The van der Waals surface area contributed by atoms with Crippen LogP contribution in [0.1, 0.15) is 31.9 Å². The predicted octanol–water partition coefficient (Wildman–Crippen LogP) is 3.04. The number of hydrogen-bond donors (Lipinski definition) is 1. The predicted molar refractivity (Wildman–Crippen MR) is 66.3 cm³/mol. The smallest absolute Gasteiger partial charge is 0.163 e. The molecule has 1 aromatic carbocycles. The van der Waals surface area contributed by atoms with E-state index in [-0.39, 0.29) is 12.1 Å². The summed E-state index contributed by atoms with van der Waals surface area (Å²) in [6.07, 6.45) is 1.26. The third-order valence-electron chi connectivity index (χ3n) is 3.67. The fourth-order valence-electron chi connectivity index (χ4n) is 2.34. The van der Waals surface area contributed by atoms with Crippen LogP contribution in [0.15, 0.2) is 18.2 Å². The topological polar surface area (TPSA) is 21.3 Å². The standard InChI is InChI=1S/C14H19F2NO/c1-9(12-4-3-5-13(15)14(12)16)17-8-11-6-7-18-10(11)2/h3-5,9-11,17H,6-8H2,1-2H3. The van der Waals surface area contributed by atoms with Crippen molar-refractivity contribution in [2.24, 2.45) is 5.92 Å². The SMILES string of the molecule is CC(NCC1CCOC1C)c1cccc(F)c1F. The van der Waals surface area contributed by atoms with Crippen LogP contribution >= 0.6 is 0 Å². The van der Waals surface area contributed by atoms with Gasteiger partial charge >= 0.3 is 0 Å². The second kappa shape index (κ2) is 5.76. The molecule has 3 atom stereocenters. The van der Waals surface area contributed by atoms with Crippen LogP contribution < -0.4 is 5.32 Å². The first-order valence-electron chi connectivity index (χ1n) is 6.38. The average Bonchev–Trinajstić information content (AvgIpc) is 2.75. The second-order valence-corrected chi connectivity index (χ2v) is 4.90. The summed E-state index contributed by atoms with van der Waals surface area (Å²) in [5, 5.41) is 3.25. The van der Waals surface area contributed by atoms with Gasteiger partial charge in [-0.05, 0) is 32.3 Å². The van der Waals surface area contributed by atoms with E-state index in [0.717, 1.165) is 25.6 Å². The molecule has 0 amide bonds. The number of benzene rings is 1. The van der Waals surface area contributed by atoms with Crippen LogP contribution in [0.25, 0.3) is 0 Å². The molecule has 1 fully saturated rings. The van der Waals surface area contributed by atoms with E-state index in [1.54, 1.807) is 6.07 Å². The van der Waals surface area contributed by atoms with Crippen LogP contribution in [0.5, 0.6) is 0 Å². The number of rotatable bonds is 4. The summed E-state index contributed by atoms with van der Waals surface area (Å²) in [7, 11) is 0.